The minimum Gasteiger partial charge on any atom is -0.407 e. The van der Waals surface area contributed by atoms with Gasteiger partial charge in [0.25, 0.3) is 0 Å². The quantitative estimate of drug-likeness (QED) is 0.880. The van der Waals surface area contributed by atoms with Gasteiger partial charge in [0.1, 0.15) is 5.88 Å². The molecule has 0 aliphatic rings. The molecule has 0 unspecified atom stereocenters. The largest absolute Gasteiger partial charge is 0.407 e. The second-order valence-electron chi connectivity index (χ2n) is 3.17. The molecule has 0 atom stereocenters. The van der Waals surface area contributed by atoms with E-state index < -0.39 is 0 Å². The predicted octanol–water partition coefficient (Wildman–Crippen LogP) is 3.62. The summed E-state index contributed by atoms with van der Waals surface area (Å²) in [5, 5.41) is 10.6. The van der Waals surface area contributed by atoms with Crippen molar-refractivity contribution >= 4 is 39.2 Å². The summed E-state index contributed by atoms with van der Waals surface area (Å²) in [4.78, 5) is 0. The van der Waals surface area contributed by atoms with E-state index in [4.69, 9.17) is 16.0 Å². The summed E-state index contributed by atoms with van der Waals surface area (Å²) in [6.07, 6.45) is 0. The Morgan fingerprint density at radius 3 is 2.94 bits per heavy atom. The van der Waals surface area contributed by atoms with E-state index in [1.165, 1.54) is 0 Å². The van der Waals surface area contributed by atoms with Crippen LogP contribution < -0.4 is 5.32 Å². The lowest BCUT2D eigenvalue weighted by molar-refractivity contribution is 0.530. The van der Waals surface area contributed by atoms with Gasteiger partial charge in [-0.25, -0.2) is 0 Å². The van der Waals surface area contributed by atoms with Crippen molar-refractivity contribution in [1.82, 2.24) is 10.2 Å². The monoisotopic (exact) mass is 301 g/mol. The molecule has 0 saturated carbocycles. The molecule has 16 heavy (non-hydrogen) atoms. The lowest BCUT2D eigenvalue weighted by Gasteiger charge is -2.06. The fourth-order valence-corrected chi connectivity index (χ4v) is 1.69. The van der Waals surface area contributed by atoms with E-state index in [1.807, 2.05) is 25.1 Å². The molecule has 6 heteroatoms. The van der Waals surface area contributed by atoms with Crippen LogP contribution in [0.25, 0.3) is 0 Å². The average Bonchev–Trinajstić information content (AvgIpc) is 2.73. The molecule has 0 bridgehead atoms. The zero-order chi connectivity index (χ0) is 11.5. The van der Waals surface area contributed by atoms with Gasteiger partial charge in [0, 0.05) is 10.2 Å². The van der Waals surface area contributed by atoms with Crippen molar-refractivity contribution < 1.29 is 4.42 Å². The van der Waals surface area contributed by atoms with Crippen molar-refractivity contribution in [2.45, 2.75) is 12.8 Å². The summed E-state index contributed by atoms with van der Waals surface area (Å²) in [5.74, 6) is 0.614. The van der Waals surface area contributed by atoms with Crippen LogP contribution in [-0.2, 0) is 5.88 Å². The molecule has 0 radical (unpaired) electrons. The van der Waals surface area contributed by atoms with Crippen molar-refractivity contribution in [2.75, 3.05) is 5.32 Å². The summed E-state index contributed by atoms with van der Waals surface area (Å²) in [6.45, 7) is 1.99. The number of alkyl halides is 1. The first-order valence-corrected chi connectivity index (χ1v) is 5.94. The van der Waals surface area contributed by atoms with E-state index in [-0.39, 0.29) is 5.88 Å². The molecule has 1 N–H and O–H groups in total. The first-order chi connectivity index (χ1) is 7.70. The number of aromatic nitrogens is 2. The molecule has 0 fully saturated rings. The third-order valence-corrected chi connectivity index (χ3v) is 3.18. The molecule has 1 aromatic carbocycles. The molecule has 0 aliphatic carbocycles. The topological polar surface area (TPSA) is 51.0 Å². The van der Waals surface area contributed by atoms with Gasteiger partial charge in [-0.15, -0.1) is 16.7 Å². The lowest BCUT2D eigenvalue weighted by Crippen LogP contribution is -1.93. The van der Waals surface area contributed by atoms with Crippen molar-refractivity contribution in [3.8, 4) is 0 Å². The standard InChI is InChI=1S/C10H9BrClN3O/c1-6-7(11)3-2-4-8(6)13-10-15-14-9(5-12)16-10/h2-4H,5H2,1H3,(H,13,15). The van der Waals surface area contributed by atoms with E-state index in [2.05, 4.69) is 31.4 Å². The van der Waals surface area contributed by atoms with Crippen LogP contribution in [0.1, 0.15) is 11.5 Å². The molecule has 84 valence electrons. The van der Waals surface area contributed by atoms with Crippen molar-refractivity contribution in [3.63, 3.8) is 0 Å². The van der Waals surface area contributed by atoms with Gasteiger partial charge in [-0.1, -0.05) is 27.1 Å². The minimum atomic E-state index is 0.214. The van der Waals surface area contributed by atoms with Crippen LogP contribution in [0, 0.1) is 6.92 Å². The molecule has 2 aromatic rings. The number of hydrogen-bond acceptors (Lipinski definition) is 4. The number of rotatable bonds is 3. The highest BCUT2D eigenvalue weighted by atomic mass is 79.9. The maximum absolute atomic E-state index is 5.57. The third kappa shape index (κ3) is 2.36. The SMILES string of the molecule is Cc1c(Br)cccc1Nc1nnc(CCl)o1. The minimum absolute atomic E-state index is 0.214. The Balaban J connectivity index is 2.23. The summed E-state index contributed by atoms with van der Waals surface area (Å²) in [5.41, 5.74) is 1.99. The van der Waals surface area contributed by atoms with E-state index >= 15 is 0 Å². The van der Waals surface area contributed by atoms with Crippen LogP contribution in [0.3, 0.4) is 0 Å². The maximum Gasteiger partial charge on any atom is 0.320 e. The van der Waals surface area contributed by atoms with Crippen LogP contribution in [-0.4, -0.2) is 10.2 Å². The van der Waals surface area contributed by atoms with Gasteiger partial charge in [-0.3, -0.25) is 0 Å². The van der Waals surface area contributed by atoms with Gasteiger partial charge < -0.3 is 9.73 Å². The molecule has 2 rings (SSSR count). The molecule has 0 saturated heterocycles. The number of nitrogens with zero attached hydrogens (tertiary/aromatic N) is 2. The average molecular weight is 303 g/mol. The zero-order valence-electron chi connectivity index (χ0n) is 8.50. The van der Waals surface area contributed by atoms with E-state index in [1.54, 1.807) is 0 Å². The van der Waals surface area contributed by atoms with Crippen LogP contribution in [0.4, 0.5) is 11.7 Å². The summed E-state index contributed by atoms with van der Waals surface area (Å²) < 4.78 is 6.27. The van der Waals surface area contributed by atoms with E-state index in [0.717, 1.165) is 15.7 Å². The normalized spacial score (nSPS) is 10.4. The zero-order valence-corrected chi connectivity index (χ0v) is 10.8. The van der Waals surface area contributed by atoms with Crippen LogP contribution in [0.2, 0.25) is 0 Å². The second kappa shape index (κ2) is 4.84. The summed E-state index contributed by atoms with van der Waals surface area (Å²) >= 11 is 9.02. The van der Waals surface area contributed by atoms with Gasteiger partial charge >= 0.3 is 6.01 Å². The Bertz CT molecular complexity index is 501. The lowest BCUT2D eigenvalue weighted by atomic mass is 10.2. The Kier molecular flexibility index (Phi) is 3.46. The first kappa shape index (κ1) is 11.4. The van der Waals surface area contributed by atoms with Crippen LogP contribution in [0.5, 0.6) is 0 Å². The van der Waals surface area contributed by atoms with Gasteiger partial charge in [0.05, 0.1) is 0 Å². The maximum atomic E-state index is 5.57. The summed E-state index contributed by atoms with van der Waals surface area (Å²) in [7, 11) is 0. The van der Waals surface area contributed by atoms with E-state index in [0.29, 0.717) is 11.9 Å². The Morgan fingerprint density at radius 2 is 2.25 bits per heavy atom. The summed E-state index contributed by atoms with van der Waals surface area (Å²) in [6, 6.07) is 6.18. The molecule has 0 aliphatic heterocycles. The molecule has 4 nitrogen and oxygen atoms in total. The Morgan fingerprint density at radius 1 is 1.44 bits per heavy atom. The second-order valence-corrected chi connectivity index (χ2v) is 4.29. The van der Waals surface area contributed by atoms with Crippen LogP contribution in [0.15, 0.2) is 27.1 Å². The van der Waals surface area contributed by atoms with Crippen molar-refractivity contribution in [1.29, 1.82) is 0 Å². The molecule has 1 aromatic heterocycles. The smallest absolute Gasteiger partial charge is 0.320 e. The molecular weight excluding hydrogens is 293 g/mol. The Hall–Kier alpha value is -1.07. The highest BCUT2D eigenvalue weighted by molar-refractivity contribution is 9.10. The highest BCUT2D eigenvalue weighted by Gasteiger charge is 2.07. The number of hydrogen-bond donors (Lipinski definition) is 1. The number of benzene rings is 1. The van der Waals surface area contributed by atoms with Crippen molar-refractivity contribution in [3.05, 3.63) is 34.1 Å². The number of anilines is 2. The van der Waals surface area contributed by atoms with Gasteiger partial charge in [0.15, 0.2) is 0 Å². The number of halogens is 2. The number of nitrogens with one attached hydrogen (secondary N) is 1. The highest BCUT2D eigenvalue weighted by Crippen LogP contribution is 2.25. The Labute approximate surface area is 106 Å². The van der Waals surface area contributed by atoms with Crippen molar-refractivity contribution in [2.24, 2.45) is 0 Å². The third-order valence-electron chi connectivity index (χ3n) is 2.09. The predicted molar refractivity (Wildman–Crippen MR) is 66.0 cm³/mol. The molecule has 0 spiro atoms. The van der Waals surface area contributed by atoms with Gasteiger partial charge in [-0.05, 0) is 24.6 Å². The van der Waals surface area contributed by atoms with Gasteiger partial charge in [0.2, 0.25) is 5.89 Å². The fourth-order valence-electron chi connectivity index (χ4n) is 1.22. The molecular formula is C10H9BrClN3O. The molecule has 0 amide bonds. The fraction of sp³-hybridized carbons (Fsp3) is 0.200. The molecule has 1 heterocycles. The van der Waals surface area contributed by atoms with Crippen LogP contribution >= 0.6 is 27.5 Å². The van der Waals surface area contributed by atoms with Gasteiger partial charge in [-0.2, -0.15) is 0 Å². The van der Waals surface area contributed by atoms with E-state index in [9.17, 15) is 0 Å². The first-order valence-electron chi connectivity index (χ1n) is 4.61.